The summed E-state index contributed by atoms with van der Waals surface area (Å²) in [5.74, 6) is -0.825. The minimum Gasteiger partial charge on any atom is -0.375 e. The summed E-state index contributed by atoms with van der Waals surface area (Å²) >= 11 is 0. The Labute approximate surface area is 104 Å². The van der Waals surface area contributed by atoms with E-state index in [1.807, 2.05) is 0 Å². The lowest BCUT2D eigenvalue weighted by Crippen LogP contribution is -2.42. The van der Waals surface area contributed by atoms with Gasteiger partial charge in [-0.2, -0.15) is 4.39 Å². The lowest BCUT2D eigenvalue weighted by molar-refractivity contribution is -0.386. The molecule has 0 unspecified atom stereocenters. The van der Waals surface area contributed by atoms with Crippen LogP contribution in [0, 0.1) is 15.9 Å². The highest BCUT2D eigenvalue weighted by Crippen LogP contribution is 2.30. The Bertz CT molecular complexity index is 453. The number of para-hydroxylation sites is 1. The molecule has 0 bridgehead atoms. The Morgan fingerprint density at radius 1 is 1.39 bits per heavy atom. The molecule has 2 rings (SSSR count). The fraction of sp³-hybridized carbons (Fsp3) is 0.500. The maximum absolute atomic E-state index is 13.4. The molecule has 6 heteroatoms. The van der Waals surface area contributed by atoms with Gasteiger partial charge >= 0.3 is 5.69 Å². The third-order valence-electron chi connectivity index (χ3n) is 3.33. The zero-order chi connectivity index (χ0) is 13.1. The zero-order valence-corrected chi connectivity index (χ0v) is 9.93. The van der Waals surface area contributed by atoms with Crippen LogP contribution in [0.2, 0.25) is 0 Å². The number of nitrogens with zero attached hydrogens (tertiary/aromatic N) is 1. The first-order valence-corrected chi connectivity index (χ1v) is 6.04. The van der Waals surface area contributed by atoms with E-state index in [1.54, 1.807) is 0 Å². The van der Waals surface area contributed by atoms with E-state index in [0.717, 1.165) is 31.7 Å². The van der Waals surface area contributed by atoms with E-state index in [-0.39, 0.29) is 17.8 Å². The van der Waals surface area contributed by atoms with Gasteiger partial charge in [-0.3, -0.25) is 10.1 Å². The maximum Gasteiger partial charge on any atom is 0.327 e. The first kappa shape index (κ1) is 12.8. The molecule has 0 heterocycles. The minimum absolute atomic E-state index is 0.0285. The van der Waals surface area contributed by atoms with E-state index in [9.17, 15) is 14.5 Å². The number of nitro groups is 1. The summed E-state index contributed by atoms with van der Waals surface area (Å²) < 4.78 is 13.4. The molecule has 0 amide bonds. The molecule has 0 aliphatic heterocycles. The summed E-state index contributed by atoms with van der Waals surface area (Å²) in [7, 11) is 0. The highest BCUT2D eigenvalue weighted by molar-refractivity contribution is 5.62. The monoisotopic (exact) mass is 253 g/mol. The number of rotatable bonds is 3. The van der Waals surface area contributed by atoms with E-state index in [1.165, 1.54) is 12.1 Å². The van der Waals surface area contributed by atoms with Gasteiger partial charge < -0.3 is 11.1 Å². The van der Waals surface area contributed by atoms with Crippen molar-refractivity contribution in [3.05, 3.63) is 34.1 Å². The van der Waals surface area contributed by atoms with Crippen LogP contribution in [-0.2, 0) is 0 Å². The standard InChI is InChI=1S/C12H16FN3O2/c13-8-4-3-7-11(12(8)16(17)18)15-10-6-2-1-5-9(10)14/h3-4,7,9-10,15H,1-2,5-6,14H2/t9-,10-/m1/s1. The predicted molar refractivity (Wildman–Crippen MR) is 66.9 cm³/mol. The van der Waals surface area contributed by atoms with E-state index in [0.29, 0.717) is 0 Å². The Morgan fingerprint density at radius 3 is 2.78 bits per heavy atom. The predicted octanol–water partition coefficient (Wildman–Crippen LogP) is 2.42. The fourth-order valence-electron chi connectivity index (χ4n) is 2.36. The van der Waals surface area contributed by atoms with E-state index in [4.69, 9.17) is 5.73 Å². The molecule has 0 radical (unpaired) electrons. The largest absolute Gasteiger partial charge is 0.375 e. The van der Waals surface area contributed by atoms with Gasteiger partial charge in [0.2, 0.25) is 5.82 Å². The second-order valence-corrected chi connectivity index (χ2v) is 4.59. The lowest BCUT2D eigenvalue weighted by Gasteiger charge is -2.29. The number of nitrogens with two attached hydrogens (primary N) is 1. The molecule has 1 aliphatic rings. The molecule has 1 aliphatic carbocycles. The summed E-state index contributed by atoms with van der Waals surface area (Å²) in [6, 6.07) is 3.99. The summed E-state index contributed by atoms with van der Waals surface area (Å²) in [6.07, 6.45) is 3.86. The number of nitrogens with one attached hydrogen (secondary N) is 1. The number of nitro benzene ring substituents is 1. The van der Waals surface area contributed by atoms with Crippen molar-refractivity contribution < 1.29 is 9.31 Å². The van der Waals surface area contributed by atoms with Crippen molar-refractivity contribution in [2.75, 3.05) is 5.32 Å². The van der Waals surface area contributed by atoms with Crippen molar-refractivity contribution in [1.82, 2.24) is 0 Å². The SMILES string of the molecule is N[C@@H]1CCCC[C@H]1Nc1cccc(F)c1[N+](=O)[O-]. The van der Waals surface area contributed by atoms with Gasteiger partial charge in [-0.15, -0.1) is 0 Å². The summed E-state index contributed by atoms with van der Waals surface area (Å²) in [5, 5.41) is 13.9. The topological polar surface area (TPSA) is 81.2 Å². The van der Waals surface area contributed by atoms with Gasteiger partial charge in [0.05, 0.1) is 4.92 Å². The van der Waals surface area contributed by atoms with Crippen molar-refractivity contribution in [3.8, 4) is 0 Å². The third kappa shape index (κ3) is 2.59. The zero-order valence-electron chi connectivity index (χ0n) is 9.93. The second kappa shape index (κ2) is 5.30. The first-order valence-electron chi connectivity index (χ1n) is 6.04. The molecule has 2 atom stereocenters. The molecule has 5 nitrogen and oxygen atoms in total. The quantitative estimate of drug-likeness (QED) is 0.640. The minimum atomic E-state index is -0.825. The Hall–Kier alpha value is -1.69. The lowest BCUT2D eigenvalue weighted by atomic mass is 9.91. The van der Waals surface area contributed by atoms with Crippen LogP contribution in [0.1, 0.15) is 25.7 Å². The summed E-state index contributed by atoms with van der Waals surface area (Å²) in [6.45, 7) is 0. The Morgan fingerprint density at radius 2 is 2.11 bits per heavy atom. The number of hydrogen-bond donors (Lipinski definition) is 2. The third-order valence-corrected chi connectivity index (χ3v) is 3.33. The highest BCUT2D eigenvalue weighted by atomic mass is 19.1. The molecule has 3 N–H and O–H groups in total. The molecule has 0 aromatic heterocycles. The second-order valence-electron chi connectivity index (χ2n) is 4.59. The molecule has 1 saturated carbocycles. The average Bonchev–Trinajstić information content (AvgIpc) is 2.31. The summed E-state index contributed by atoms with van der Waals surface area (Å²) in [5.41, 5.74) is 5.67. The molecule has 18 heavy (non-hydrogen) atoms. The van der Waals surface area contributed by atoms with Gasteiger partial charge in [-0.05, 0) is 25.0 Å². The van der Waals surface area contributed by atoms with E-state index in [2.05, 4.69) is 5.32 Å². The smallest absolute Gasteiger partial charge is 0.327 e. The van der Waals surface area contributed by atoms with Crippen LogP contribution < -0.4 is 11.1 Å². The van der Waals surface area contributed by atoms with Gasteiger partial charge in [0, 0.05) is 12.1 Å². The number of benzene rings is 1. The van der Waals surface area contributed by atoms with Crippen LogP contribution in [0.25, 0.3) is 0 Å². The maximum atomic E-state index is 13.4. The molecule has 1 aromatic carbocycles. The van der Waals surface area contributed by atoms with Crippen LogP contribution in [0.3, 0.4) is 0 Å². The van der Waals surface area contributed by atoms with Crippen LogP contribution in [-0.4, -0.2) is 17.0 Å². The molecule has 0 spiro atoms. The van der Waals surface area contributed by atoms with Gasteiger partial charge in [0.15, 0.2) is 0 Å². The highest BCUT2D eigenvalue weighted by Gasteiger charge is 2.26. The molecular formula is C12H16FN3O2. The van der Waals surface area contributed by atoms with Gasteiger partial charge in [-0.25, -0.2) is 0 Å². The Kier molecular flexibility index (Phi) is 3.76. The number of halogens is 1. The van der Waals surface area contributed by atoms with E-state index >= 15 is 0 Å². The van der Waals surface area contributed by atoms with Gasteiger partial charge in [-0.1, -0.05) is 18.9 Å². The molecule has 98 valence electrons. The van der Waals surface area contributed by atoms with E-state index < -0.39 is 16.4 Å². The molecule has 1 aromatic rings. The fourth-order valence-corrected chi connectivity index (χ4v) is 2.36. The van der Waals surface area contributed by atoms with Crippen LogP contribution >= 0.6 is 0 Å². The van der Waals surface area contributed by atoms with Gasteiger partial charge in [0.25, 0.3) is 0 Å². The summed E-state index contributed by atoms with van der Waals surface area (Å²) in [4.78, 5) is 10.2. The first-order chi connectivity index (χ1) is 8.59. The van der Waals surface area contributed by atoms with Crippen molar-refractivity contribution in [3.63, 3.8) is 0 Å². The van der Waals surface area contributed by atoms with Crippen molar-refractivity contribution >= 4 is 11.4 Å². The van der Waals surface area contributed by atoms with Gasteiger partial charge in [0.1, 0.15) is 5.69 Å². The van der Waals surface area contributed by atoms with Crippen LogP contribution in [0.15, 0.2) is 18.2 Å². The molecule has 1 fully saturated rings. The van der Waals surface area contributed by atoms with Crippen LogP contribution in [0.4, 0.5) is 15.8 Å². The number of anilines is 1. The molecular weight excluding hydrogens is 237 g/mol. The number of hydrogen-bond acceptors (Lipinski definition) is 4. The Balaban J connectivity index is 2.23. The van der Waals surface area contributed by atoms with Crippen molar-refractivity contribution in [1.29, 1.82) is 0 Å². The van der Waals surface area contributed by atoms with Crippen molar-refractivity contribution in [2.24, 2.45) is 5.73 Å². The normalized spacial score (nSPS) is 23.7. The molecule has 0 saturated heterocycles. The van der Waals surface area contributed by atoms with Crippen molar-refractivity contribution in [2.45, 2.75) is 37.8 Å². The van der Waals surface area contributed by atoms with Crippen LogP contribution in [0.5, 0.6) is 0 Å². The average molecular weight is 253 g/mol.